The standard InChI is InChI=1S/C19H29N/c1-16(15-20-12-6-5-7-13-20)14-17-8-10-18(11-9-17)19(2,3)4/h8-11,15H,5-7,12-14H2,1-4H3. The van der Waals surface area contributed by atoms with Gasteiger partial charge in [-0.2, -0.15) is 0 Å². The largest absolute Gasteiger partial charge is 0.377 e. The van der Waals surface area contributed by atoms with E-state index in [1.54, 1.807) is 0 Å². The Morgan fingerprint density at radius 2 is 1.65 bits per heavy atom. The highest BCUT2D eigenvalue weighted by molar-refractivity contribution is 5.29. The van der Waals surface area contributed by atoms with E-state index in [0.29, 0.717) is 0 Å². The molecule has 1 aliphatic rings. The lowest BCUT2D eigenvalue weighted by atomic mass is 9.86. The minimum Gasteiger partial charge on any atom is -0.377 e. The molecule has 0 bridgehead atoms. The van der Waals surface area contributed by atoms with E-state index in [1.165, 1.54) is 49.1 Å². The van der Waals surface area contributed by atoms with Crippen molar-refractivity contribution in [3.05, 3.63) is 47.2 Å². The van der Waals surface area contributed by atoms with Crippen molar-refractivity contribution in [2.45, 2.75) is 58.8 Å². The van der Waals surface area contributed by atoms with Crippen LogP contribution in [0.25, 0.3) is 0 Å². The van der Waals surface area contributed by atoms with Crippen LogP contribution in [0.3, 0.4) is 0 Å². The van der Waals surface area contributed by atoms with Gasteiger partial charge in [-0.3, -0.25) is 0 Å². The Labute approximate surface area is 124 Å². The molecule has 0 unspecified atom stereocenters. The summed E-state index contributed by atoms with van der Waals surface area (Å²) in [5, 5.41) is 0. The molecule has 1 aromatic rings. The molecule has 0 atom stereocenters. The minimum atomic E-state index is 0.247. The van der Waals surface area contributed by atoms with Gasteiger partial charge in [0, 0.05) is 13.1 Å². The normalized spacial score (nSPS) is 17.4. The fourth-order valence-corrected chi connectivity index (χ4v) is 2.85. The molecule has 0 N–H and O–H groups in total. The fourth-order valence-electron chi connectivity index (χ4n) is 2.85. The number of rotatable bonds is 3. The number of hydrogen-bond donors (Lipinski definition) is 0. The maximum Gasteiger partial charge on any atom is 0.0172 e. The fraction of sp³-hybridized carbons (Fsp3) is 0.579. The Morgan fingerprint density at radius 1 is 1.05 bits per heavy atom. The molecule has 20 heavy (non-hydrogen) atoms. The Hall–Kier alpha value is -1.24. The maximum atomic E-state index is 2.49. The van der Waals surface area contributed by atoms with Crippen LogP contribution >= 0.6 is 0 Å². The van der Waals surface area contributed by atoms with Crippen LogP contribution in [0.4, 0.5) is 0 Å². The van der Waals surface area contributed by atoms with Gasteiger partial charge in [-0.15, -0.1) is 0 Å². The van der Waals surface area contributed by atoms with Crippen LogP contribution in [-0.2, 0) is 11.8 Å². The van der Waals surface area contributed by atoms with Gasteiger partial charge in [-0.05, 0) is 55.3 Å². The van der Waals surface area contributed by atoms with Crippen molar-refractivity contribution in [2.75, 3.05) is 13.1 Å². The highest BCUT2D eigenvalue weighted by Gasteiger charge is 2.13. The smallest absolute Gasteiger partial charge is 0.0172 e. The Bertz CT molecular complexity index is 442. The number of nitrogens with zero attached hydrogens (tertiary/aromatic N) is 1. The molecule has 1 nitrogen and oxygen atoms in total. The van der Waals surface area contributed by atoms with Crippen LogP contribution in [0.1, 0.15) is 58.1 Å². The number of piperidine rings is 1. The molecular formula is C19H29N. The molecule has 2 rings (SSSR count). The molecule has 1 heterocycles. The zero-order chi connectivity index (χ0) is 14.6. The Kier molecular flexibility index (Phi) is 4.91. The zero-order valence-corrected chi connectivity index (χ0v) is 13.6. The summed E-state index contributed by atoms with van der Waals surface area (Å²) in [6.45, 7) is 11.5. The molecule has 0 amide bonds. The second-order valence-corrected chi connectivity index (χ2v) is 7.20. The Morgan fingerprint density at radius 3 is 2.20 bits per heavy atom. The van der Waals surface area contributed by atoms with Crippen molar-refractivity contribution < 1.29 is 0 Å². The van der Waals surface area contributed by atoms with E-state index in [9.17, 15) is 0 Å². The molecule has 1 saturated heterocycles. The topological polar surface area (TPSA) is 3.24 Å². The van der Waals surface area contributed by atoms with Crippen LogP contribution in [0, 0.1) is 0 Å². The first-order valence-electron chi connectivity index (χ1n) is 7.96. The first kappa shape index (κ1) is 15.2. The first-order valence-corrected chi connectivity index (χ1v) is 7.96. The summed E-state index contributed by atoms with van der Waals surface area (Å²) in [6.07, 6.45) is 7.55. The highest BCUT2D eigenvalue weighted by Crippen LogP contribution is 2.23. The molecule has 0 aromatic heterocycles. The molecule has 1 fully saturated rings. The molecule has 1 aromatic carbocycles. The quantitative estimate of drug-likeness (QED) is 0.754. The lowest BCUT2D eigenvalue weighted by Crippen LogP contribution is -2.24. The van der Waals surface area contributed by atoms with E-state index in [4.69, 9.17) is 0 Å². The van der Waals surface area contributed by atoms with Gasteiger partial charge >= 0.3 is 0 Å². The van der Waals surface area contributed by atoms with Gasteiger partial charge in [0.15, 0.2) is 0 Å². The zero-order valence-electron chi connectivity index (χ0n) is 13.6. The lowest BCUT2D eigenvalue weighted by molar-refractivity contribution is 0.307. The molecule has 0 aliphatic carbocycles. The van der Waals surface area contributed by atoms with E-state index in [1.807, 2.05) is 0 Å². The second kappa shape index (κ2) is 6.47. The van der Waals surface area contributed by atoms with E-state index >= 15 is 0 Å². The van der Waals surface area contributed by atoms with Crippen molar-refractivity contribution >= 4 is 0 Å². The predicted octanol–water partition coefficient (Wildman–Crippen LogP) is 4.92. The van der Waals surface area contributed by atoms with Gasteiger partial charge in [0.2, 0.25) is 0 Å². The predicted molar refractivity (Wildman–Crippen MR) is 88.0 cm³/mol. The third kappa shape index (κ3) is 4.40. The van der Waals surface area contributed by atoms with E-state index in [0.717, 1.165) is 6.42 Å². The van der Waals surface area contributed by atoms with Gasteiger partial charge in [0.1, 0.15) is 0 Å². The van der Waals surface area contributed by atoms with Gasteiger partial charge < -0.3 is 4.90 Å². The number of allylic oxidation sites excluding steroid dienone is 1. The van der Waals surface area contributed by atoms with Crippen molar-refractivity contribution in [2.24, 2.45) is 0 Å². The summed E-state index contributed by atoms with van der Waals surface area (Å²) in [5.41, 5.74) is 4.55. The molecule has 110 valence electrons. The van der Waals surface area contributed by atoms with Crippen LogP contribution in [-0.4, -0.2) is 18.0 Å². The average molecular weight is 271 g/mol. The molecule has 0 radical (unpaired) electrons. The van der Waals surface area contributed by atoms with Crippen LogP contribution in [0.15, 0.2) is 36.0 Å². The van der Waals surface area contributed by atoms with Crippen LogP contribution in [0.2, 0.25) is 0 Å². The van der Waals surface area contributed by atoms with Gasteiger partial charge in [-0.25, -0.2) is 0 Å². The summed E-state index contributed by atoms with van der Waals surface area (Å²) in [6, 6.07) is 9.13. The van der Waals surface area contributed by atoms with Crippen LogP contribution in [0.5, 0.6) is 0 Å². The second-order valence-electron chi connectivity index (χ2n) is 7.20. The molecule has 1 aliphatic heterocycles. The van der Waals surface area contributed by atoms with Crippen molar-refractivity contribution in [1.82, 2.24) is 4.90 Å². The average Bonchev–Trinajstić information content (AvgIpc) is 2.39. The summed E-state index contributed by atoms with van der Waals surface area (Å²) < 4.78 is 0. The van der Waals surface area contributed by atoms with Crippen LogP contribution < -0.4 is 0 Å². The maximum absolute atomic E-state index is 2.49. The number of likely N-dealkylation sites (tertiary alicyclic amines) is 1. The van der Waals surface area contributed by atoms with E-state index in [-0.39, 0.29) is 5.41 Å². The molecule has 0 saturated carbocycles. The summed E-state index contributed by atoms with van der Waals surface area (Å²) in [7, 11) is 0. The first-order chi connectivity index (χ1) is 9.45. The Balaban J connectivity index is 1.97. The van der Waals surface area contributed by atoms with Crippen molar-refractivity contribution in [3.8, 4) is 0 Å². The van der Waals surface area contributed by atoms with E-state index in [2.05, 4.69) is 63.1 Å². The third-order valence-corrected chi connectivity index (χ3v) is 4.10. The lowest BCUT2D eigenvalue weighted by Gasteiger charge is -2.26. The summed E-state index contributed by atoms with van der Waals surface area (Å²) >= 11 is 0. The van der Waals surface area contributed by atoms with Crippen molar-refractivity contribution in [1.29, 1.82) is 0 Å². The molecule has 1 heteroatoms. The SMILES string of the molecule is CC(=CN1CCCCC1)Cc1ccc(C(C)(C)C)cc1. The van der Waals surface area contributed by atoms with Crippen molar-refractivity contribution in [3.63, 3.8) is 0 Å². The van der Waals surface area contributed by atoms with Gasteiger partial charge in [0.05, 0.1) is 0 Å². The third-order valence-electron chi connectivity index (χ3n) is 4.10. The number of hydrogen-bond acceptors (Lipinski definition) is 1. The number of benzene rings is 1. The highest BCUT2D eigenvalue weighted by atomic mass is 15.1. The van der Waals surface area contributed by atoms with Gasteiger partial charge in [-0.1, -0.05) is 50.6 Å². The summed E-state index contributed by atoms with van der Waals surface area (Å²) in [4.78, 5) is 2.49. The molecule has 0 spiro atoms. The van der Waals surface area contributed by atoms with Gasteiger partial charge in [0.25, 0.3) is 0 Å². The molecular weight excluding hydrogens is 242 g/mol. The minimum absolute atomic E-state index is 0.247. The van der Waals surface area contributed by atoms with E-state index < -0.39 is 0 Å². The monoisotopic (exact) mass is 271 g/mol. The summed E-state index contributed by atoms with van der Waals surface area (Å²) in [5.74, 6) is 0.